The van der Waals surface area contributed by atoms with Crippen LogP contribution in [0, 0.1) is 5.92 Å². The van der Waals surface area contributed by atoms with Crippen LogP contribution in [-0.4, -0.2) is 29.8 Å². The number of methoxy groups -OCH3 is 1. The van der Waals surface area contributed by atoms with E-state index in [1.165, 1.54) is 16.2 Å². The van der Waals surface area contributed by atoms with Crippen molar-refractivity contribution in [1.29, 1.82) is 0 Å². The molecule has 2 aromatic heterocycles. The first kappa shape index (κ1) is 25.2. The number of benzene rings is 2. The van der Waals surface area contributed by atoms with Crippen molar-refractivity contribution in [1.82, 2.24) is 10.2 Å². The van der Waals surface area contributed by atoms with E-state index in [-0.39, 0.29) is 16.8 Å². The lowest BCUT2D eigenvalue weighted by Crippen LogP contribution is -2.29. The Bertz CT molecular complexity index is 1550. The molecular weight excluding hydrogens is 514 g/mol. The van der Waals surface area contributed by atoms with Gasteiger partial charge in [-0.15, -0.1) is 10.2 Å². The van der Waals surface area contributed by atoms with E-state index in [0.29, 0.717) is 50.7 Å². The van der Waals surface area contributed by atoms with Crippen LogP contribution in [0.25, 0.3) is 11.0 Å². The Hall–Kier alpha value is -3.43. The van der Waals surface area contributed by atoms with E-state index in [4.69, 9.17) is 25.5 Å². The topological polar surface area (TPSA) is 94.8 Å². The predicted molar refractivity (Wildman–Crippen MR) is 143 cm³/mol. The van der Waals surface area contributed by atoms with Gasteiger partial charge in [0.25, 0.3) is 5.91 Å². The number of carbonyl (C=O) groups excluding carboxylic acids is 1. The van der Waals surface area contributed by atoms with Crippen LogP contribution in [0.4, 0.5) is 5.13 Å². The van der Waals surface area contributed by atoms with E-state index in [9.17, 15) is 9.59 Å². The highest BCUT2D eigenvalue weighted by molar-refractivity contribution is 7.15. The minimum absolute atomic E-state index is 0.0174. The standard InChI is InChI=1S/C27H26ClN3O5S/c1-5-6-21-29-30-27(37-21)31-23(15-7-9-19(20(11-15)34-4)35-13-14(2)3)22-24(32)17-12-16(28)8-10-18(17)36-25(22)26(31)33/h7-12,14,23H,5-6,13H2,1-4H3. The lowest BCUT2D eigenvalue weighted by molar-refractivity contribution is 0.0970. The van der Waals surface area contributed by atoms with Gasteiger partial charge in [-0.1, -0.05) is 49.8 Å². The Labute approximate surface area is 222 Å². The van der Waals surface area contributed by atoms with Crippen LogP contribution in [0.3, 0.4) is 0 Å². The fourth-order valence-corrected chi connectivity index (χ4v) is 5.48. The lowest BCUT2D eigenvalue weighted by Gasteiger charge is -2.23. The third-order valence-electron chi connectivity index (χ3n) is 6.03. The molecule has 0 fully saturated rings. The lowest BCUT2D eigenvalue weighted by atomic mass is 9.98. The first-order valence-electron chi connectivity index (χ1n) is 12.0. The van der Waals surface area contributed by atoms with Gasteiger partial charge in [0.2, 0.25) is 10.9 Å². The number of fused-ring (bicyclic) bond motifs is 2. The molecule has 0 radical (unpaired) electrons. The molecule has 8 nitrogen and oxygen atoms in total. The highest BCUT2D eigenvalue weighted by Gasteiger charge is 2.45. The average molecular weight is 540 g/mol. The number of halogens is 1. The maximum atomic E-state index is 13.8. The average Bonchev–Trinajstić information content (AvgIpc) is 3.45. The van der Waals surface area contributed by atoms with E-state index >= 15 is 0 Å². The number of aryl methyl sites for hydroxylation is 1. The van der Waals surface area contributed by atoms with E-state index in [0.717, 1.165) is 17.8 Å². The number of ether oxygens (including phenoxy) is 2. The van der Waals surface area contributed by atoms with Crippen LogP contribution in [0.2, 0.25) is 5.02 Å². The first-order chi connectivity index (χ1) is 17.8. The Morgan fingerprint density at radius 3 is 2.68 bits per heavy atom. The maximum Gasteiger partial charge on any atom is 0.297 e. The second kappa shape index (κ2) is 10.1. The summed E-state index contributed by atoms with van der Waals surface area (Å²) in [5.41, 5.74) is 0.852. The van der Waals surface area contributed by atoms with Crippen molar-refractivity contribution in [2.75, 3.05) is 18.6 Å². The van der Waals surface area contributed by atoms with Gasteiger partial charge in [0.05, 0.1) is 30.7 Å². The van der Waals surface area contributed by atoms with Gasteiger partial charge in [-0.2, -0.15) is 0 Å². The zero-order chi connectivity index (χ0) is 26.3. The van der Waals surface area contributed by atoms with Crippen molar-refractivity contribution in [2.45, 2.75) is 39.7 Å². The molecule has 10 heteroatoms. The van der Waals surface area contributed by atoms with Gasteiger partial charge in [0.1, 0.15) is 10.6 Å². The van der Waals surface area contributed by atoms with Crippen LogP contribution in [0.15, 0.2) is 45.6 Å². The molecule has 0 bridgehead atoms. The Kier molecular flexibility index (Phi) is 6.92. The minimum atomic E-state index is -0.794. The molecule has 0 saturated carbocycles. The fraction of sp³-hybridized carbons (Fsp3) is 0.333. The van der Waals surface area contributed by atoms with E-state index in [2.05, 4.69) is 31.0 Å². The van der Waals surface area contributed by atoms with Crippen LogP contribution in [0.1, 0.15) is 59.9 Å². The molecule has 1 aliphatic heterocycles. The quantitative estimate of drug-likeness (QED) is 0.269. The van der Waals surface area contributed by atoms with Crippen LogP contribution in [0.5, 0.6) is 11.5 Å². The molecule has 37 heavy (non-hydrogen) atoms. The fourth-order valence-electron chi connectivity index (χ4n) is 4.34. The molecule has 0 N–H and O–H groups in total. The summed E-state index contributed by atoms with van der Waals surface area (Å²) in [5.74, 6) is 0.938. The van der Waals surface area contributed by atoms with Gasteiger partial charge in [-0.25, -0.2) is 0 Å². The highest BCUT2D eigenvalue weighted by Crippen LogP contribution is 2.44. The predicted octanol–water partition coefficient (Wildman–Crippen LogP) is 6.04. The summed E-state index contributed by atoms with van der Waals surface area (Å²) >= 11 is 7.51. The monoisotopic (exact) mass is 539 g/mol. The molecule has 2 aromatic carbocycles. The third kappa shape index (κ3) is 4.57. The van der Waals surface area contributed by atoms with Crippen molar-refractivity contribution >= 4 is 44.9 Å². The number of amides is 1. The molecule has 0 saturated heterocycles. The largest absolute Gasteiger partial charge is 0.493 e. The van der Waals surface area contributed by atoms with Crippen LogP contribution in [-0.2, 0) is 6.42 Å². The van der Waals surface area contributed by atoms with Crippen LogP contribution < -0.4 is 19.8 Å². The molecule has 1 aliphatic rings. The van der Waals surface area contributed by atoms with Crippen molar-refractivity contribution in [3.8, 4) is 11.5 Å². The maximum absolute atomic E-state index is 13.8. The van der Waals surface area contributed by atoms with Gasteiger partial charge in [0, 0.05) is 11.4 Å². The third-order valence-corrected chi connectivity index (χ3v) is 7.25. The van der Waals surface area contributed by atoms with Crippen molar-refractivity contribution < 1.29 is 18.7 Å². The second-order valence-corrected chi connectivity index (χ2v) is 10.7. The molecule has 0 spiro atoms. The Balaban J connectivity index is 1.70. The molecule has 0 aliphatic carbocycles. The summed E-state index contributed by atoms with van der Waals surface area (Å²) in [6.45, 7) is 6.69. The summed E-state index contributed by atoms with van der Waals surface area (Å²) in [5, 5.41) is 10.5. The van der Waals surface area contributed by atoms with E-state index in [1.807, 2.05) is 6.07 Å². The SMILES string of the molecule is CCCc1nnc(N2C(=O)c3oc4ccc(Cl)cc4c(=O)c3C2c2ccc(OCC(C)C)c(OC)c2)s1. The summed E-state index contributed by atoms with van der Waals surface area (Å²) in [6, 6.07) is 9.38. The first-order valence-corrected chi connectivity index (χ1v) is 13.2. The molecule has 192 valence electrons. The summed E-state index contributed by atoms with van der Waals surface area (Å²) in [4.78, 5) is 29.0. The summed E-state index contributed by atoms with van der Waals surface area (Å²) < 4.78 is 17.5. The smallest absolute Gasteiger partial charge is 0.297 e. The number of nitrogens with zero attached hydrogens (tertiary/aromatic N) is 3. The van der Waals surface area contributed by atoms with Gasteiger partial charge in [0.15, 0.2) is 16.9 Å². The zero-order valence-corrected chi connectivity index (χ0v) is 22.5. The molecule has 3 heterocycles. The van der Waals surface area contributed by atoms with Gasteiger partial charge >= 0.3 is 0 Å². The number of carbonyl (C=O) groups is 1. The van der Waals surface area contributed by atoms with E-state index < -0.39 is 11.9 Å². The van der Waals surface area contributed by atoms with Crippen molar-refractivity contribution in [3.05, 3.63) is 73.5 Å². The number of anilines is 1. The number of hydrogen-bond acceptors (Lipinski definition) is 8. The Morgan fingerprint density at radius 2 is 1.95 bits per heavy atom. The molecule has 1 amide bonds. The number of hydrogen-bond donors (Lipinski definition) is 0. The summed E-state index contributed by atoms with van der Waals surface area (Å²) in [6.07, 6.45) is 1.64. The van der Waals surface area contributed by atoms with Gasteiger partial charge < -0.3 is 13.9 Å². The normalized spacial score (nSPS) is 15.0. The van der Waals surface area contributed by atoms with Gasteiger partial charge in [-0.3, -0.25) is 14.5 Å². The van der Waals surface area contributed by atoms with Crippen molar-refractivity contribution in [3.63, 3.8) is 0 Å². The second-order valence-electron chi connectivity index (χ2n) is 9.24. The molecular formula is C27H26ClN3O5S. The van der Waals surface area contributed by atoms with Crippen LogP contribution >= 0.6 is 22.9 Å². The molecule has 4 aromatic rings. The summed E-state index contributed by atoms with van der Waals surface area (Å²) in [7, 11) is 1.55. The van der Waals surface area contributed by atoms with E-state index in [1.54, 1.807) is 37.4 Å². The minimum Gasteiger partial charge on any atom is -0.493 e. The number of rotatable bonds is 8. The Morgan fingerprint density at radius 1 is 1.14 bits per heavy atom. The van der Waals surface area contributed by atoms with Crippen molar-refractivity contribution in [2.24, 2.45) is 5.92 Å². The zero-order valence-electron chi connectivity index (χ0n) is 20.9. The molecule has 5 rings (SSSR count). The molecule has 1 atom stereocenters. The van der Waals surface area contributed by atoms with Gasteiger partial charge in [-0.05, 0) is 48.2 Å². The number of aromatic nitrogens is 2. The molecule has 1 unspecified atom stereocenters. The highest BCUT2D eigenvalue weighted by atomic mass is 35.5.